The summed E-state index contributed by atoms with van der Waals surface area (Å²) in [4.78, 5) is 9.88. The number of halogens is 5. The standard InChI is InChI=1S/C6H4NO2.5ClH.Sb/c8-7(9)6-4-2-1-3-5-6;;;;;;/h1-2,4-5H;5*1H;/q;;;;;;+4/p-5. The molecule has 0 amide bonds. The summed E-state index contributed by atoms with van der Waals surface area (Å²) >= 11 is 0. The summed E-state index contributed by atoms with van der Waals surface area (Å²) in [6, 6.07) is 5.04. The van der Waals surface area contributed by atoms with Crippen molar-refractivity contribution in [2.75, 3.05) is 0 Å². The first-order valence-corrected chi connectivity index (χ1v) is 20.9. The van der Waals surface area contributed by atoms with Crippen molar-refractivity contribution in [3.05, 3.63) is 34.4 Å². The van der Waals surface area contributed by atoms with Crippen LogP contribution < -0.4 is 3.51 Å². The van der Waals surface area contributed by atoms with E-state index in [1.807, 2.05) is 0 Å². The molecule has 0 heterocycles. The fourth-order valence-corrected chi connectivity index (χ4v) is 6.52. The molecule has 0 atom stereocenters. The first-order valence-electron chi connectivity index (χ1n) is 3.48. The molecule has 0 bridgehead atoms. The third kappa shape index (κ3) is 3.99. The molecule has 0 radical (unpaired) electrons. The summed E-state index contributed by atoms with van der Waals surface area (Å²) in [5.41, 5.74) is -0.230. The van der Waals surface area contributed by atoms with Crippen LogP contribution >= 0.6 is 44.1 Å². The van der Waals surface area contributed by atoms with Gasteiger partial charge in [-0.05, 0) is 0 Å². The van der Waals surface area contributed by atoms with Gasteiger partial charge in [-0.25, -0.2) is 0 Å². The normalized spacial score (nSPS) is 16.6. The Morgan fingerprint density at radius 3 is 2.07 bits per heavy atom. The van der Waals surface area contributed by atoms with E-state index in [0.717, 1.165) is 6.07 Å². The van der Waals surface area contributed by atoms with E-state index in [9.17, 15) is 10.1 Å². The van der Waals surface area contributed by atoms with E-state index in [1.165, 1.54) is 18.2 Å². The molecule has 0 spiro atoms. The zero-order valence-corrected chi connectivity index (χ0v) is 13.2. The van der Waals surface area contributed by atoms with Gasteiger partial charge in [0, 0.05) is 0 Å². The van der Waals surface area contributed by atoms with Crippen LogP contribution in [-0.2, 0) is 0 Å². The van der Waals surface area contributed by atoms with Gasteiger partial charge in [-0.2, -0.15) is 0 Å². The van der Waals surface area contributed by atoms with Gasteiger partial charge in [-0.1, -0.05) is 0 Å². The Hall–Kier alpha value is 0.888. The number of hydrogen-bond donors (Lipinski definition) is 0. The molecule has 0 aliphatic rings. The first kappa shape index (κ1) is 14.0. The van der Waals surface area contributed by atoms with Crippen molar-refractivity contribution in [1.82, 2.24) is 0 Å². The van der Waals surface area contributed by atoms with Gasteiger partial charge in [0.15, 0.2) is 0 Å². The fraction of sp³-hybridized carbons (Fsp3) is 0. The summed E-state index contributed by atoms with van der Waals surface area (Å²) in [6.45, 7) is 0. The van der Waals surface area contributed by atoms with Gasteiger partial charge in [0.05, 0.1) is 0 Å². The zero-order valence-electron chi connectivity index (χ0n) is 6.91. The van der Waals surface area contributed by atoms with Crippen LogP contribution in [0.5, 0.6) is 0 Å². The maximum atomic E-state index is 10.5. The number of benzene rings is 1. The minimum atomic E-state index is -5.88. The summed E-state index contributed by atoms with van der Waals surface area (Å²) in [5, 5.41) is 10.5. The van der Waals surface area contributed by atoms with Gasteiger partial charge in [-0.3, -0.25) is 0 Å². The summed E-state index contributed by atoms with van der Waals surface area (Å²) < 4.78 is -0.0217. The van der Waals surface area contributed by atoms with Gasteiger partial charge >= 0.3 is 103 Å². The Balaban J connectivity index is 3.43. The van der Waals surface area contributed by atoms with Crippen LogP contribution in [0.3, 0.4) is 0 Å². The second kappa shape index (κ2) is 3.44. The molecule has 86 valence electrons. The SMILES string of the molecule is O=[N+]([O-])c1ccc[c]([Sb-]([Cl])([Cl])([Cl])([Cl])[Cl])c1. The average Bonchev–Trinajstić information content (AvgIpc) is 2.00. The van der Waals surface area contributed by atoms with Gasteiger partial charge in [0.2, 0.25) is 0 Å². The van der Waals surface area contributed by atoms with E-state index < -0.39 is 15.2 Å². The van der Waals surface area contributed by atoms with Gasteiger partial charge in [0.1, 0.15) is 0 Å². The van der Waals surface area contributed by atoms with Crippen molar-refractivity contribution in [2.24, 2.45) is 0 Å². The van der Waals surface area contributed by atoms with Crippen molar-refractivity contribution in [2.45, 2.75) is 0 Å². The second-order valence-corrected chi connectivity index (χ2v) is 50.3. The molecule has 0 fully saturated rings. The molecule has 0 aliphatic carbocycles. The van der Waals surface area contributed by atoms with Crippen molar-refractivity contribution in [3.8, 4) is 0 Å². The van der Waals surface area contributed by atoms with Crippen LogP contribution in [0.2, 0.25) is 0 Å². The van der Waals surface area contributed by atoms with E-state index >= 15 is 0 Å². The number of non-ortho nitro benzene ring substituents is 1. The number of hydrogen-bond acceptors (Lipinski definition) is 2. The van der Waals surface area contributed by atoms with Crippen molar-refractivity contribution >= 4 is 63.6 Å². The zero-order chi connectivity index (χ0) is 12.0. The maximum absolute atomic E-state index is 10.5. The molecular formula is C6H4Cl5NO2Sb-. The Morgan fingerprint density at radius 1 is 1.13 bits per heavy atom. The van der Waals surface area contributed by atoms with E-state index in [0.29, 0.717) is 0 Å². The Bertz CT molecular complexity index is 428. The van der Waals surface area contributed by atoms with Gasteiger partial charge < -0.3 is 0 Å². The molecule has 0 N–H and O–H groups in total. The Kier molecular flexibility index (Phi) is 3.20. The molecule has 0 saturated carbocycles. The monoisotopic (exact) mass is 418 g/mol. The molecule has 1 aromatic carbocycles. The number of nitrogens with zero attached hydrogens (tertiary/aromatic N) is 1. The van der Waals surface area contributed by atoms with Crippen LogP contribution in [0.25, 0.3) is 0 Å². The van der Waals surface area contributed by atoms with Crippen LogP contribution in [0.15, 0.2) is 24.3 Å². The average molecular weight is 421 g/mol. The van der Waals surface area contributed by atoms with E-state index in [2.05, 4.69) is 0 Å². The molecule has 0 unspecified atom stereocenters. The fourth-order valence-electron chi connectivity index (χ4n) is 0.869. The third-order valence-electron chi connectivity index (χ3n) is 1.53. The van der Waals surface area contributed by atoms with Gasteiger partial charge in [-0.15, -0.1) is 0 Å². The Labute approximate surface area is 102 Å². The number of rotatable bonds is 2. The van der Waals surface area contributed by atoms with Crippen molar-refractivity contribution in [3.63, 3.8) is 0 Å². The predicted molar refractivity (Wildman–Crippen MR) is 67.7 cm³/mol. The Morgan fingerprint density at radius 2 is 1.67 bits per heavy atom. The predicted octanol–water partition coefficient (Wildman–Crippen LogP) is 3.84. The molecular weight excluding hydrogens is 417 g/mol. The molecule has 1 rings (SSSR count). The topological polar surface area (TPSA) is 43.1 Å². The van der Waals surface area contributed by atoms with Crippen LogP contribution in [0, 0.1) is 10.1 Å². The second-order valence-electron chi connectivity index (χ2n) is 2.84. The molecule has 0 aromatic heterocycles. The van der Waals surface area contributed by atoms with E-state index in [-0.39, 0.29) is 9.20 Å². The van der Waals surface area contributed by atoms with Crippen molar-refractivity contribution < 1.29 is 4.92 Å². The molecule has 3 nitrogen and oxygen atoms in total. The van der Waals surface area contributed by atoms with Gasteiger partial charge in [0.25, 0.3) is 0 Å². The molecule has 0 saturated heterocycles. The first-order chi connectivity index (χ1) is 6.40. The van der Waals surface area contributed by atoms with Crippen LogP contribution in [0.4, 0.5) is 5.69 Å². The molecule has 15 heavy (non-hydrogen) atoms. The summed E-state index contributed by atoms with van der Waals surface area (Å²) in [5.74, 6) is 0. The summed E-state index contributed by atoms with van der Waals surface area (Å²) in [6.07, 6.45) is 0. The third-order valence-corrected chi connectivity index (χ3v) is 11.7. The molecule has 1 aromatic rings. The van der Waals surface area contributed by atoms with Crippen LogP contribution in [-0.4, -0.2) is 15.2 Å². The summed E-state index contributed by atoms with van der Waals surface area (Å²) in [7, 11) is 23.0. The molecule has 0 aliphatic heterocycles. The van der Waals surface area contributed by atoms with Crippen molar-refractivity contribution in [1.29, 1.82) is 0 Å². The van der Waals surface area contributed by atoms with Crippen LogP contribution in [0.1, 0.15) is 0 Å². The number of nitro benzene ring substituents is 1. The van der Waals surface area contributed by atoms with E-state index in [1.54, 1.807) is 0 Å². The minimum absolute atomic E-state index is 0.0217. The number of nitro groups is 1. The quantitative estimate of drug-likeness (QED) is 0.414. The van der Waals surface area contributed by atoms with E-state index in [4.69, 9.17) is 44.1 Å². The molecule has 9 heteroatoms.